The maximum Gasteiger partial charge on any atom is 0.340 e. The molecule has 1 aliphatic rings. The van der Waals surface area contributed by atoms with E-state index in [4.69, 9.17) is 4.74 Å². The van der Waals surface area contributed by atoms with Crippen LogP contribution in [0.5, 0.6) is 0 Å². The molecule has 0 spiro atoms. The Bertz CT molecular complexity index is 829. The molecular formula is C19H19N3O4. The zero-order valence-electron chi connectivity index (χ0n) is 14.3. The topological polar surface area (TPSA) is 97.4 Å². The third-order valence-electron chi connectivity index (χ3n) is 3.84. The van der Waals surface area contributed by atoms with Crippen LogP contribution in [0.25, 0.3) is 0 Å². The van der Waals surface area contributed by atoms with Gasteiger partial charge in [0.2, 0.25) is 0 Å². The van der Waals surface area contributed by atoms with Gasteiger partial charge in [-0.15, -0.1) is 0 Å². The highest BCUT2D eigenvalue weighted by atomic mass is 16.5. The lowest BCUT2D eigenvalue weighted by molar-refractivity contribution is -0.119. The number of Topliss-reactive ketones (excluding diaryl/α,β-unsaturated/α-hetero) is 1. The summed E-state index contributed by atoms with van der Waals surface area (Å²) in [6.45, 7) is 0.965. The third kappa shape index (κ3) is 4.66. The van der Waals surface area contributed by atoms with Crippen molar-refractivity contribution in [2.24, 2.45) is 0 Å². The second-order valence-corrected chi connectivity index (χ2v) is 6.08. The minimum absolute atomic E-state index is 0.163. The Balaban J connectivity index is 1.52. The number of ether oxygens (including phenoxy) is 1. The number of para-hydroxylation sites is 1. The van der Waals surface area contributed by atoms with Gasteiger partial charge in [0.25, 0.3) is 5.91 Å². The van der Waals surface area contributed by atoms with E-state index in [9.17, 15) is 14.4 Å². The minimum atomic E-state index is -0.634. The SMILES string of the molecule is CC(=O)c1ccccc1NC(=O)COC(=O)c1ccc(NC2CC2)nc1. The molecule has 0 atom stereocenters. The molecule has 26 heavy (non-hydrogen) atoms. The molecule has 1 aromatic carbocycles. The summed E-state index contributed by atoms with van der Waals surface area (Å²) in [7, 11) is 0. The summed E-state index contributed by atoms with van der Waals surface area (Å²) < 4.78 is 5.00. The van der Waals surface area contributed by atoms with Crippen molar-refractivity contribution in [3.8, 4) is 0 Å². The maximum absolute atomic E-state index is 12.0. The highest BCUT2D eigenvalue weighted by molar-refractivity contribution is 6.04. The quantitative estimate of drug-likeness (QED) is 0.587. The van der Waals surface area contributed by atoms with Gasteiger partial charge in [-0.05, 0) is 44.0 Å². The number of ketones is 1. The fraction of sp³-hybridized carbons (Fsp3) is 0.263. The number of benzene rings is 1. The van der Waals surface area contributed by atoms with Crippen molar-refractivity contribution in [3.05, 3.63) is 53.7 Å². The van der Waals surface area contributed by atoms with Gasteiger partial charge >= 0.3 is 5.97 Å². The lowest BCUT2D eigenvalue weighted by Crippen LogP contribution is -2.22. The molecule has 1 fully saturated rings. The zero-order valence-corrected chi connectivity index (χ0v) is 14.3. The van der Waals surface area contributed by atoms with Gasteiger partial charge in [0.1, 0.15) is 5.82 Å². The number of nitrogens with zero attached hydrogens (tertiary/aromatic N) is 1. The summed E-state index contributed by atoms with van der Waals surface area (Å²) in [4.78, 5) is 39.7. The number of aromatic nitrogens is 1. The lowest BCUT2D eigenvalue weighted by Gasteiger charge is -2.09. The first-order valence-corrected chi connectivity index (χ1v) is 8.32. The highest BCUT2D eigenvalue weighted by Crippen LogP contribution is 2.23. The fourth-order valence-electron chi connectivity index (χ4n) is 2.34. The summed E-state index contributed by atoms with van der Waals surface area (Å²) >= 11 is 0. The van der Waals surface area contributed by atoms with Crippen molar-refractivity contribution < 1.29 is 19.1 Å². The number of hydrogen-bond acceptors (Lipinski definition) is 6. The van der Waals surface area contributed by atoms with E-state index in [-0.39, 0.29) is 11.3 Å². The first-order valence-electron chi connectivity index (χ1n) is 8.32. The number of carbonyl (C=O) groups excluding carboxylic acids is 3. The van der Waals surface area contributed by atoms with Gasteiger partial charge in [0.15, 0.2) is 12.4 Å². The second-order valence-electron chi connectivity index (χ2n) is 6.08. The number of esters is 1. The number of pyridine rings is 1. The Labute approximate surface area is 150 Å². The molecule has 0 bridgehead atoms. The van der Waals surface area contributed by atoms with Gasteiger partial charge in [-0.2, -0.15) is 0 Å². The number of amides is 1. The highest BCUT2D eigenvalue weighted by Gasteiger charge is 2.21. The molecule has 1 amide bonds. The Morgan fingerprint density at radius 1 is 1.15 bits per heavy atom. The van der Waals surface area contributed by atoms with Crippen molar-refractivity contribution in [2.45, 2.75) is 25.8 Å². The smallest absolute Gasteiger partial charge is 0.340 e. The van der Waals surface area contributed by atoms with Gasteiger partial charge in [0.05, 0.1) is 11.3 Å². The molecule has 3 rings (SSSR count). The van der Waals surface area contributed by atoms with E-state index >= 15 is 0 Å². The van der Waals surface area contributed by atoms with Crippen LogP contribution in [0.2, 0.25) is 0 Å². The van der Waals surface area contributed by atoms with E-state index in [1.165, 1.54) is 13.1 Å². The van der Waals surface area contributed by atoms with Crippen LogP contribution in [-0.2, 0) is 9.53 Å². The van der Waals surface area contributed by atoms with Crippen molar-refractivity contribution in [3.63, 3.8) is 0 Å². The standard InChI is InChI=1S/C19H19N3O4/c1-12(23)15-4-2-3-5-16(15)22-18(24)11-26-19(25)13-6-9-17(20-10-13)21-14-7-8-14/h2-6,9-10,14H,7-8,11H2,1H3,(H,20,21)(H,22,24). The molecular weight excluding hydrogens is 334 g/mol. The summed E-state index contributed by atoms with van der Waals surface area (Å²) in [6.07, 6.45) is 3.68. The number of nitrogens with one attached hydrogen (secondary N) is 2. The molecule has 2 N–H and O–H groups in total. The molecule has 134 valence electrons. The zero-order chi connectivity index (χ0) is 18.5. The van der Waals surface area contributed by atoms with Crippen LogP contribution >= 0.6 is 0 Å². The molecule has 0 unspecified atom stereocenters. The molecule has 1 saturated carbocycles. The molecule has 0 radical (unpaired) electrons. The Morgan fingerprint density at radius 3 is 2.58 bits per heavy atom. The third-order valence-corrected chi connectivity index (χ3v) is 3.84. The molecule has 2 aromatic rings. The molecule has 0 saturated heterocycles. The molecule has 1 aliphatic carbocycles. The Morgan fingerprint density at radius 2 is 1.92 bits per heavy atom. The van der Waals surface area contributed by atoms with E-state index in [1.54, 1.807) is 36.4 Å². The first-order chi connectivity index (χ1) is 12.5. The largest absolute Gasteiger partial charge is 0.452 e. The number of hydrogen-bond donors (Lipinski definition) is 2. The Hall–Kier alpha value is -3.22. The van der Waals surface area contributed by atoms with E-state index in [0.29, 0.717) is 23.1 Å². The number of carbonyl (C=O) groups is 3. The van der Waals surface area contributed by atoms with Crippen molar-refractivity contribution >= 4 is 29.2 Å². The second kappa shape index (κ2) is 7.77. The van der Waals surface area contributed by atoms with Crippen molar-refractivity contribution in [2.75, 3.05) is 17.2 Å². The summed E-state index contributed by atoms with van der Waals surface area (Å²) in [5.41, 5.74) is 1.05. The summed E-state index contributed by atoms with van der Waals surface area (Å²) in [5, 5.41) is 5.79. The number of anilines is 2. The van der Waals surface area contributed by atoms with Crippen LogP contribution in [0.15, 0.2) is 42.6 Å². The average Bonchev–Trinajstić information content (AvgIpc) is 3.44. The average molecular weight is 353 g/mol. The van der Waals surface area contributed by atoms with Gasteiger partial charge in [0, 0.05) is 17.8 Å². The molecule has 1 heterocycles. The van der Waals surface area contributed by atoms with Gasteiger partial charge < -0.3 is 15.4 Å². The van der Waals surface area contributed by atoms with Gasteiger partial charge in [-0.3, -0.25) is 9.59 Å². The van der Waals surface area contributed by atoms with Crippen molar-refractivity contribution in [1.82, 2.24) is 4.98 Å². The summed E-state index contributed by atoms with van der Waals surface area (Å²) in [5.74, 6) is -0.607. The van der Waals surface area contributed by atoms with Gasteiger partial charge in [-0.25, -0.2) is 9.78 Å². The van der Waals surface area contributed by atoms with Crippen LogP contribution in [-0.4, -0.2) is 35.3 Å². The van der Waals surface area contributed by atoms with E-state index in [0.717, 1.165) is 12.8 Å². The van der Waals surface area contributed by atoms with Crippen LogP contribution in [0.3, 0.4) is 0 Å². The van der Waals surface area contributed by atoms with E-state index in [1.807, 2.05) is 0 Å². The van der Waals surface area contributed by atoms with Gasteiger partial charge in [-0.1, -0.05) is 12.1 Å². The first kappa shape index (κ1) is 17.6. The molecule has 7 nitrogen and oxygen atoms in total. The normalized spacial score (nSPS) is 13.0. The minimum Gasteiger partial charge on any atom is -0.452 e. The van der Waals surface area contributed by atoms with Crippen molar-refractivity contribution in [1.29, 1.82) is 0 Å². The summed E-state index contributed by atoms with van der Waals surface area (Å²) in [6, 6.07) is 10.4. The van der Waals surface area contributed by atoms with E-state index < -0.39 is 18.5 Å². The molecule has 1 aromatic heterocycles. The van der Waals surface area contributed by atoms with Crippen LogP contribution in [0.1, 0.15) is 40.5 Å². The maximum atomic E-state index is 12.0. The molecule has 7 heteroatoms. The molecule has 0 aliphatic heterocycles. The lowest BCUT2D eigenvalue weighted by atomic mass is 10.1. The Kier molecular flexibility index (Phi) is 5.26. The predicted octanol–water partition coefficient (Wildman–Crippen LogP) is 2.65. The van der Waals surface area contributed by atoms with Crippen LogP contribution in [0.4, 0.5) is 11.5 Å². The monoisotopic (exact) mass is 353 g/mol. The number of rotatable bonds is 7. The predicted molar refractivity (Wildman–Crippen MR) is 96.2 cm³/mol. The fourth-order valence-corrected chi connectivity index (χ4v) is 2.34. The van der Waals surface area contributed by atoms with Crippen LogP contribution < -0.4 is 10.6 Å². The van der Waals surface area contributed by atoms with Crippen LogP contribution in [0, 0.1) is 0 Å². The van der Waals surface area contributed by atoms with E-state index in [2.05, 4.69) is 15.6 Å².